The molecule has 86 valence electrons. The van der Waals surface area contributed by atoms with Gasteiger partial charge in [-0.1, -0.05) is 0 Å². The second-order valence-corrected chi connectivity index (χ2v) is 3.86. The van der Waals surface area contributed by atoms with E-state index in [-0.39, 0.29) is 5.91 Å². The number of fused-ring (bicyclic) bond motifs is 1. The first-order valence-electron chi connectivity index (χ1n) is 5.28. The molecule has 0 bridgehead atoms. The molecular formula is C11H10N4O2. The number of anilines is 1. The van der Waals surface area contributed by atoms with Crippen LogP contribution in [-0.4, -0.2) is 28.5 Å². The third-order valence-corrected chi connectivity index (χ3v) is 2.75. The smallest absolute Gasteiger partial charge is 0.328 e. The molecule has 0 aliphatic carbocycles. The lowest BCUT2D eigenvalue weighted by atomic mass is 10.2. The van der Waals surface area contributed by atoms with E-state index in [1.807, 2.05) is 12.1 Å². The van der Waals surface area contributed by atoms with Crippen LogP contribution in [0.3, 0.4) is 0 Å². The summed E-state index contributed by atoms with van der Waals surface area (Å²) in [6, 6.07) is 3.31. The molecule has 1 aliphatic rings. The highest BCUT2D eigenvalue weighted by Crippen LogP contribution is 2.20. The predicted octanol–water partition coefficient (Wildman–Crippen LogP) is 1.01. The first-order chi connectivity index (χ1) is 8.24. The number of imide groups is 1. The highest BCUT2D eigenvalue weighted by Gasteiger charge is 2.24. The lowest BCUT2D eigenvalue weighted by molar-refractivity contribution is -0.120. The Bertz CT molecular complexity index is 604. The van der Waals surface area contributed by atoms with Crippen molar-refractivity contribution < 1.29 is 9.59 Å². The molecule has 6 heteroatoms. The summed E-state index contributed by atoms with van der Waals surface area (Å²) in [6.07, 6.45) is 3.74. The fraction of sp³-hybridized carbons (Fsp3) is 0.182. The first kappa shape index (κ1) is 9.83. The fourth-order valence-electron chi connectivity index (χ4n) is 1.88. The maximum Gasteiger partial charge on any atom is 0.328 e. The van der Waals surface area contributed by atoms with Gasteiger partial charge in [0.15, 0.2) is 0 Å². The minimum Gasteiger partial charge on any atom is -0.360 e. The van der Waals surface area contributed by atoms with Crippen LogP contribution in [0.4, 0.5) is 10.5 Å². The molecule has 6 nitrogen and oxygen atoms in total. The van der Waals surface area contributed by atoms with E-state index in [2.05, 4.69) is 15.3 Å². The van der Waals surface area contributed by atoms with E-state index in [4.69, 9.17) is 0 Å². The Labute approximate surface area is 96.6 Å². The van der Waals surface area contributed by atoms with E-state index >= 15 is 0 Å². The number of aromatic amines is 1. The molecule has 1 saturated heterocycles. The van der Waals surface area contributed by atoms with Gasteiger partial charge < -0.3 is 4.98 Å². The molecular weight excluding hydrogens is 220 g/mol. The summed E-state index contributed by atoms with van der Waals surface area (Å²) in [6.45, 7) is 0.387. The molecule has 3 heterocycles. The molecule has 2 aromatic rings. The summed E-state index contributed by atoms with van der Waals surface area (Å²) in [4.78, 5) is 31.5. The number of H-pyrrole nitrogens is 1. The van der Waals surface area contributed by atoms with Gasteiger partial charge >= 0.3 is 6.03 Å². The van der Waals surface area contributed by atoms with Crippen LogP contribution in [0.15, 0.2) is 24.5 Å². The van der Waals surface area contributed by atoms with Crippen LogP contribution in [0.25, 0.3) is 11.0 Å². The molecule has 3 rings (SSSR count). The molecule has 0 radical (unpaired) electrons. The Morgan fingerprint density at radius 1 is 1.35 bits per heavy atom. The summed E-state index contributed by atoms with van der Waals surface area (Å²) in [5.41, 5.74) is 2.40. The molecule has 2 aromatic heterocycles. The van der Waals surface area contributed by atoms with E-state index < -0.39 is 6.03 Å². The number of nitrogens with zero attached hydrogens (tertiary/aromatic N) is 2. The lowest BCUT2D eigenvalue weighted by Gasteiger charge is -2.26. The average molecular weight is 230 g/mol. The van der Waals surface area contributed by atoms with Crippen LogP contribution in [0.1, 0.15) is 6.42 Å². The first-order valence-corrected chi connectivity index (χ1v) is 5.28. The van der Waals surface area contributed by atoms with Gasteiger partial charge in [-0.15, -0.1) is 0 Å². The number of carbonyl (C=O) groups is 2. The van der Waals surface area contributed by atoms with Crippen molar-refractivity contribution >= 4 is 28.7 Å². The highest BCUT2D eigenvalue weighted by atomic mass is 16.2. The van der Waals surface area contributed by atoms with Crippen molar-refractivity contribution in [2.24, 2.45) is 0 Å². The van der Waals surface area contributed by atoms with Crippen molar-refractivity contribution in [1.82, 2.24) is 15.3 Å². The number of hydrogen-bond donors (Lipinski definition) is 2. The van der Waals surface area contributed by atoms with Gasteiger partial charge in [-0.3, -0.25) is 20.0 Å². The van der Waals surface area contributed by atoms with E-state index in [9.17, 15) is 9.59 Å². The summed E-state index contributed by atoms with van der Waals surface area (Å²) in [5.74, 6) is -0.236. The topological polar surface area (TPSA) is 78.1 Å². The van der Waals surface area contributed by atoms with E-state index in [1.165, 1.54) is 4.90 Å². The van der Waals surface area contributed by atoms with Crippen LogP contribution in [0.2, 0.25) is 0 Å². The number of rotatable bonds is 1. The number of hydrogen-bond acceptors (Lipinski definition) is 3. The summed E-state index contributed by atoms with van der Waals surface area (Å²) in [5, 5.41) is 2.28. The van der Waals surface area contributed by atoms with Gasteiger partial charge in [0, 0.05) is 19.2 Å². The molecule has 0 unspecified atom stereocenters. The van der Waals surface area contributed by atoms with Gasteiger partial charge in [0.2, 0.25) is 5.91 Å². The van der Waals surface area contributed by atoms with Gasteiger partial charge in [-0.05, 0) is 12.1 Å². The summed E-state index contributed by atoms with van der Waals surface area (Å²) >= 11 is 0. The molecule has 17 heavy (non-hydrogen) atoms. The second kappa shape index (κ2) is 3.58. The number of aromatic nitrogens is 2. The van der Waals surface area contributed by atoms with E-state index in [0.717, 1.165) is 11.0 Å². The predicted molar refractivity (Wildman–Crippen MR) is 61.6 cm³/mol. The zero-order valence-electron chi connectivity index (χ0n) is 8.93. The number of amides is 3. The Morgan fingerprint density at radius 2 is 2.24 bits per heavy atom. The molecule has 3 amide bonds. The van der Waals surface area contributed by atoms with Crippen LogP contribution in [-0.2, 0) is 4.79 Å². The molecule has 0 saturated carbocycles. The van der Waals surface area contributed by atoms with Gasteiger partial charge in [0.05, 0.1) is 22.9 Å². The Balaban J connectivity index is 1.97. The maximum atomic E-state index is 11.6. The third-order valence-electron chi connectivity index (χ3n) is 2.75. The van der Waals surface area contributed by atoms with Crippen LogP contribution in [0, 0.1) is 0 Å². The monoisotopic (exact) mass is 230 g/mol. The molecule has 0 atom stereocenters. The highest BCUT2D eigenvalue weighted by molar-refractivity contribution is 6.06. The molecule has 0 spiro atoms. The standard InChI is InChI=1S/C11H10N4O2/c16-10-2-4-15(11(17)14-10)7-5-9-8(13-6-7)1-3-12-9/h1,3,5-6,12H,2,4H2,(H,14,16,17). The summed E-state index contributed by atoms with van der Waals surface area (Å²) in [7, 11) is 0. The quantitative estimate of drug-likeness (QED) is 0.767. The normalized spacial score (nSPS) is 16.4. The number of carbonyl (C=O) groups excluding carboxylic acids is 2. The van der Waals surface area contributed by atoms with Crippen molar-refractivity contribution in [3.8, 4) is 0 Å². The second-order valence-electron chi connectivity index (χ2n) is 3.86. The van der Waals surface area contributed by atoms with Gasteiger partial charge in [-0.25, -0.2) is 4.79 Å². The molecule has 0 aromatic carbocycles. The Morgan fingerprint density at radius 3 is 3.06 bits per heavy atom. The van der Waals surface area contributed by atoms with Gasteiger partial charge in [-0.2, -0.15) is 0 Å². The van der Waals surface area contributed by atoms with E-state index in [0.29, 0.717) is 18.7 Å². The third kappa shape index (κ3) is 1.63. The van der Waals surface area contributed by atoms with Gasteiger partial charge in [0.1, 0.15) is 0 Å². The maximum absolute atomic E-state index is 11.6. The van der Waals surface area contributed by atoms with Crippen LogP contribution >= 0.6 is 0 Å². The number of urea groups is 1. The van der Waals surface area contributed by atoms with Crippen LogP contribution < -0.4 is 10.2 Å². The van der Waals surface area contributed by atoms with Crippen molar-refractivity contribution in [2.75, 3.05) is 11.4 Å². The Kier molecular flexibility index (Phi) is 2.07. The zero-order chi connectivity index (χ0) is 11.8. The number of pyridine rings is 1. The van der Waals surface area contributed by atoms with Gasteiger partial charge in [0.25, 0.3) is 0 Å². The van der Waals surface area contributed by atoms with Crippen molar-refractivity contribution in [1.29, 1.82) is 0 Å². The largest absolute Gasteiger partial charge is 0.360 e. The average Bonchev–Trinajstić information content (AvgIpc) is 2.75. The fourth-order valence-corrected chi connectivity index (χ4v) is 1.88. The number of nitrogens with one attached hydrogen (secondary N) is 2. The minimum absolute atomic E-state index is 0.236. The van der Waals surface area contributed by atoms with Crippen LogP contribution in [0.5, 0.6) is 0 Å². The molecule has 1 aliphatic heterocycles. The zero-order valence-corrected chi connectivity index (χ0v) is 8.93. The van der Waals surface area contributed by atoms with Crippen molar-refractivity contribution in [3.05, 3.63) is 24.5 Å². The summed E-state index contributed by atoms with van der Waals surface area (Å²) < 4.78 is 0. The Hall–Kier alpha value is -2.37. The molecule has 2 N–H and O–H groups in total. The van der Waals surface area contributed by atoms with E-state index in [1.54, 1.807) is 12.4 Å². The SMILES string of the molecule is O=C1CCN(c2cnc3cc[nH]c3c2)C(=O)N1. The van der Waals surface area contributed by atoms with Crippen molar-refractivity contribution in [3.63, 3.8) is 0 Å². The minimum atomic E-state index is -0.394. The van der Waals surface area contributed by atoms with Crippen molar-refractivity contribution in [2.45, 2.75) is 6.42 Å². The lowest BCUT2D eigenvalue weighted by Crippen LogP contribution is -2.49. The molecule has 1 fully saturated rings.